The molecule has 0 bridgehead atoms. The zero-order chi connectivity index (χ0) is 22.8. The Morgan fingerprint density at radius 2 is 1.97 bits per heavy atom. The van der Waals surface area contributed by atoms with E-state index >= 15 is 0 Å². The summed E-state index contributed by atoms with van der Waals surface area (Å²) in [6.07, 6.45) is 1.43. The minimum atomic E-state index is -0.546. The molecule has 8 heteroatoms. The summed E-state index contributed by atoms with van der Waals surface area (Å²) < 4.78 is 0. The molecule has 0 aromatic heterocycles. The number of Topliss-reactive ketones (excluding diaryl/α,β-unsaturated/α-hetero) is 2. The van der Waals surface area contributed by atoms with Gasteiger partial charge < -0.3 is 15.5 Å². The van der Waals surface area contributed by atoms with Gasteiger partial charge in [-0.2, -0.15) is 0 Å². The lowest BCUT2D eigenvalue weighted by molar-refractivity contribution is -0.128. The van der Waals surface area contributed by atoms with E-state index in [1.54, 1.807) is 29.2 Å². The van der Waals surface area contributed by atoms with E-state index in [9.17, 15) is 19.2 Å². The number of hydrogen-bond acceptors (Lipinski definition) is 4. The number of benzene rings is 2. The Hall–Kier alpha value is -3.19. The van der Waals surface area contributed by atoms with Gasteiger partial charge in [-0.3, -0.25) is 14.4 Å². The minimum absolute atomic E-state index is 0.0544. The second kappa shape index (κ2) is 9.12. The molecule has 0 radical (unpaired) electrons. The Balaban J connectivity index is 1.39. The van der Waals surface area contributed by atoms with Crippen molar-refractivity contribution in [3.63, 3.8) is 0 Å². The lowest BCUT2D eigenvalue weighted by Gasteiger charge is -2.25. The monoisotopic (exact) mass is 453 g/mol. The van der Waals surface area contributed by atoms with E-state index in [0.29, 0.717) is 42.1 Å². The molecule has 1 aliphatic heterocycles. The first kappa shape index (κ1) is 22.0. The van der Waals surface area contributed by atoms with Crippen molar-refractivity contribution in [2.45, 2.75) is 51.7 Å². The minimum Gasteiger partial charge on any atom is -0.334 e. The highest BCUT2D eigenvalue weighted by Crippen LogP contribution is 2.29. The molecule has 2 N–H and O–H groups in total. The summed E-state index contributed by atoms with van der Waals surface area (Å²) in [5.74, 6) is -0.411. The maximum Gasteiger partial charge on any atom is 0.319 e. The molecule has 1 unspecified atom stereocenters. The highest BCUT2D eigenvalue weighted by atomic mass is 35.5. The molecule has 1 atom stereocenters. The molecular weight excluding hydrogens is 430 g/mol. The second-order valence-corrected chi connectivity index (χ2v) is 8.69. The lowest BCUT2D eigenvalue weighted by Crippen LogP contribution is -2.41. The van der Waals surface area contributed by atoms with Gasteiger partial charge in [-0.15, -0.1) is 0 Å². The number of fused-ring (bicyclic) bond motifs is 1. The van der Waals surface area contributed by atoms with Crippen LogP contribution in [0.15, 0.2) is 36.4 Å². The zero-order valence-corrected chi connectivity index (χ0v) is 18.5. The number of carbonyl (C=O) groups is 4. The third-order valence-corrected chi connectivity index (χ3v) is 6.34. The van der Waals surface area contributed by atoms with Gasteiger partial charge in [0, 0.05) is 35.8 Å². The summed E-state index contributed by atoms with van der Waals surface area (Å²) in [5, 5.41) is 6.11. The van der Waals surface area contributed by atoms with Crippen LogP contribution in [0.25, 0.3) is 0 Å². The van der Waals surface area contributed by atoms with E-state index < -0.39 is 6.04 Å². The number of nitrogens with one attached hydrogen (secondary N) is 2. The van der Waals surface area contributed by atoms with Crippen LogP contribution in [0, 0.1) is 6.92 Å². The number of urea groups is 1. The number of hydrogen-bond donors (Lipinski definition) is 2. The van der Waals surface area contributed by atoms with Gasteiger partial charge in [0.1, 0.15) is 5.78 Å². The Morgan fingerprint density at radius 3 is 2.75 bits per heavy atom. The molecule has 1 saturated carbocycles. The molecule has 166 valence electrons. The molecule has 2 aromatic rings. The molecule has 2 aromatic carbocycles. The van der Waals surface area contributed by atoms with Crippen LogP contribution in [-0.4, -0.2) is 34.4 Å². The molecule has 0 spiro atoms. The summed E-state index contributed by atoms with van der Waals surface area (Å²) in [4.78, 5) is 50.8. The van der Waals surface area contributed by atoms with Crippen LogP contribution in [0.1, 0.15) is 52.7 Å². The Labute approximate surface area is 191 Å². The highest BCUT2D eigenvalue weighted by Gasteiger charge is 2.37. The molecule has 1 aliphatic carbocycles. The van der Waals surface area contributed by atoms with E-state index in [4.69, 9.17) is 11.6 Å². The number of carbonyl (C=O) groups excluding carboxylic acids is 4. The summed E-state index contributed by atoms with van der Waals surface area (Å²) >= 11 is 6.09. The van der Waals surface area contributed by atoms with Crippen molar-refractivity contribution in [1.29, 1.82) is 0 Å². The number of amides is 3. The zero-order valence-electron chi connectivity index (χ0n) is 17.7. The molecule has 1 heterocycles. The van der Waals surface area contributed by atoms with Crippen LogP contribution in [0.3, 0.4) is 0 Å². The molecule has 3 amide bonds. The average Bonchev–Trinajstić information content (AvgIpc) is 2.97. The van der Waals surface area contributed by atoms with Crippen LogP contribution in [-0.2, 0) is 22.7 Å². The smallest absolute Gasteiger partial charge is 0.319 e. The molecule has 7 nitrogen and oxygen atoms in total. The van der Waals surface area contributed by atoms with Gasteiger partial charge in [0.25, 0.3) is 5.91 Å². The molecule has 0 saturated heterocycles. The average molecular weight is 454 g/mol. The first-order valence-electron chi connectivity index (χ1n) is 10.6. The van der Waals surface area contributed by atoms with Crippen LogP contribution in [0.5, 0.6) is 0 Å². The summed E-state index contributed by atoms with van der Waals surface area (Å²) in [7, 11) is 0. The third-order valence-electron chi connectivity index (χ3n) is 5.94. The molecule has 4 rings (SSSR count). The summed E-state index contributed by atoms with van der Waals surface area (Å²) in [5.41, 5.74) is 3.76. The van der Waals surface area contributed by atoms with Gasteiger partial charge in [-0.1, -0.05) is 29.8 Å². The summed E-state index contributed by atoms with van der Waals surface area (Å²) in [6.45, 7) is 2.50. The van der Waals surface area contributed by atoms with Crippen LogP contribution in [0.4, 0.5) is 10.5 Å². The van der Waals surface area contributed by atoms with Gasteiger partial charge in [0.05, 0.1) is 12.5 Å². The van der Waals surface area contributed by atoms with E-state index in [1.807, 2.05) is 19.1 Å². The number of ketones is 2. The van der Waals surface area contributed by atoms with Crippen molar-refractivity contribution in [3.8, 4) is 0 Å². The van der Waals surface area contributed by atoms with Crippen molar-refractivity contribution in [2.24, 2.45) is 0 Å². The predicted octanol–water partition coefficient (Wildman–Crippen LogP) is 4.01. The number of nitrogens with zero attached hydrogens (tertiary/aromatic N) is 1. The first-order chi connectivity index (χ1) is 15.3. The van der Waals surface area contributed by atoms with Crippen LogP contribution < -0.4 is 10.6 Å². The Bertz CT molecular complexity index is 1110. The van der Waals surface area contributed by atoms with Crippen molar-refractivity contribution in [2.75, 3.05) is 5.32 Å². The van der Waals surface area contributed by atoms with Crippen LogP contribution in [0.2, 0.25) is 5.02 Å². The fourth-order valence-electron chi connectivity index (χ4n) is 4.17. The Morgan fingerprint density at radius 1 is 1.16 bits per heavy atom. The van der Waals surface area contributed by atoms with Gasteiger partial charge in [0.2, 0.25) is 0 Å². The number of halogens is 1. The maximum atomic E-state index is 12.9. The standard InChI is InChI=1S/C24H24ClN3O4/c1-14-5-7-17(10-20(14)25)27-24(32)26-12-15-6-8-19-16(9-15)13-28(23(19)31)21-4-2-3-18(29)11-22(21)30/h5-10,21H,2-4,11-13H2,1H3,(H2,26,27,32). The van der Waals surface area contributed by atoms with Gasteiger partial charge in [-0.25, -0.2) is 4.79 Å². The number of anilines is 1. The quantitative estimate of drug-likeness (QED) is 0.540. The fraction of sp³-hybridized carbons (Fsp3) is 0.333. The first-order valence-corrected chi connectivity index (χ1v) is 11.0. The number of rotatable bonds is 4. The van der Waals surface area contributed by atoms with Crippen molar-refractivity contribution < 1.29 is 19.2 Å². The molecule has 1 fully saturated rings. The van der Waals surface area contributed by atoms with Gasteiger partial charge in [-0.05, 0) is 54.7 Å². The fourth-order valence-corrected chi connectivity index (χ4v) is 4.35. The van der Waals surface area contributed by atoms with Gasteiger partial charge >= 0.3 is 6.03 Å². The molecule has 32 heavy (non-hydrogen) atoms. The van der Waals surface area contributed by atoms with Crippen molar-refractivity contribution >= 4 is 40.8 Å². The van der Waals surface area contributed by atoms with E-state index in [2.05, 4.69) is 10.6 Å². The second-order valence-electron chi connectivity index (χ2n) is 8.29. The largest absolute Gasteiger partial charge is 0.334 e. The predicted molar refractivity (Wildman–Crippen MR) is 121 cm³/mol. The van der Waals surface area contributed by atoms with Crippen molar-refractivity contribution in [1.82, 2.24) is 10.2 Å². The highest BCUT2D eigenvalue weighted by molar-refractivity contribution is 6.31. The maximum absolute atomic E-state index is 12.9. The van der Waals surface area contributed by atoms with Crippen LogP contribution >= 0.6 is 11.6 Å². The normalized spacial score (nSPS) is 18.4. The topological polar surface area (TPSA) is 95.6 Å². The van der Waals surface area contributed by atoms with Gasteiger partial charge in [0.15, 0.2) is 5.78 Å². The van der Waals surface area contributed by atoms with Crippen molar-refractivity contribution in [3.05, 3.63) is 63.7 Å². The molecule has 2 aliphatic rings. The SMILES string of the molecule is Cc1ccc(NC(=O)NCc2ccc3c(c2)CN(C2CCCC(=O)CC2=O)C3=O)cc1Cl. The van der Waals surface area contributed by atoms with E-state index in [0.717, 1.165) is 16.7 Å². The summed E-state index contributed by atoms with van der Waals surface area (Å²) in [6, 6.07) is 9.79. The third kappa shape index (κ3) is 4.67. The van der Waals surface area contributed by atoms with E-state index in [1.165, 1.54) is 0 Å². The van der Waals surface area contributed by atoms with E-state index in [-0.39, 0.29) is 36.5 Å². The number of aryl methyl sites for hydroxylation is 1. The molecular formula is C24H24ClN3O4. The lowest BCUT2D eigenvalue weighted by atomic mass is 10.1. The Kier molecular flexibility index (Phi) is 6.28.